The number of benzene rings is 1. The van der Waals surface area contributed by atoms with Gasteiger partial charge >= 0.3 is 0 Å². The first kappa shape index (κ1) is 14.5. The molecule has 0 saturated carbocycles. The molecule has 1 aromatic rings. The van der Waals surface area contributed by atoms with Gasteiger partial charge in [0.25, 0.3) is 0 Å². The number of hydrogen-bond acceptors (Lipinski definition) is 3. The molecule has 0 bridgehead atoms. The van der Waals surface area contributed by atoms with E-state index in [2.05, 4.69) is 29.6 Å². The van der Waals surface area contributed by atoms with Gasteiger partial charge in [-0.1, -0.05) is 24.3 Å². The van der Waals surface area contributed by atoms with E-state index in [0.717, 1.165) is 38.8 Å². The largest absolute Gasteiger partial charge is 0.368 e. The zero-order valence-electron chi connectivity index (χ0n) is 12.7. The van der Waals surface area contributed by atoms with E-state index in [1.807, 2.05) is 11.9 Å². The Bertz CT molecular complexity index is 497. The topological polar surface area (TPSA) is 41.6 Å². The Kier molecular flexibility index (Phi) is 4.56. The van der Waals surface area contributed by atoms with Gasteiger partial charge in [0.15, 0.2) is 0 Å². The van der Waals surface area contributed by atoms with Crippen LogP contribution in [0.5, 0.6) is 0 Å². The summed E-state index contributed by atoms with van der Waals surface area (Å²) in [5, 5.41) is 3.31. The Morgan fingerprint density at radius 2 is 2.05 bits per heavy atom. The Balaban J connectivity index is 1.55. The van der Waals surface area contributed by atoms with Crippen LogP contribution in [0.1, 0.15) is 36.4 Å². The molecule has 1 aliphatic heterocycles. The molecule has 1 N–H and O–H groups in total. The lowest BCUT2D eigenvalue weighted by atomic mass is 10.1. The van der Waals surface area contributed by atoms with Crippen molar-refractivity contribution in [1.29, 1.82) is 0 Å². The molecule has 1 amide bonds. The summed E-state index contributed by atoms with van der Waals surface area (Å²) < 4.78 is 5.78. The summed E-state index contributed by atoms with van der Waals surface area (Å²) in [5.41, 5.74) is 2.68. The molecule has 1 heterocycles. The van der Waals surface area contributed by atoms with Gasteiger partial charge in [0.1, 0.15) is 6.61 Å². The van der Waals surface area contributed by atoms with Crippen LogP contribution in [0, 0.1) is 0 Å². The van der Waals surface area contributed by atoms with Gasteiger partial charge in [-0.05, 0) is 49.9 Å². The van der Waals surface area contributed by atoms with Crippen LogP contribution in [0.4, 0.5) is 0 Å². The van der Waals surface area contributed by atoms with E-state index in [9.17, 15) is 4.79 Å². The number of nitrogens with one attached hydrogen (secondary N) is 1. The third kappa shape index (κ3) is 3.27. The summed E-state index contributed by atoms with van der Waals surface area (Å²) >= 11 is 0. The van der Waals surface area contributed by atoms with Crippen LogP contribution in [0.15, 0.2) is 24.3 Å². The van der Waals surface area contributed by atoms with Crippen molar-refractivity contribution in [1.82, 2.24) is 10.2 Å². The number of hydrogen-bond donors (Lipinski definition) is 1. The minimum absolute atomic E-state index is 0.0928. The molecule has 21 heavy (non-hydrogen) atoms. The second-order valence-electron chi connectivity index (χ2n) is 6.02. The number of carbonyl (C=O) groups is 1. The predicted molar refractivity (Wildman–Crippen MR) is 82.1 cm³/mol. The van der Waals surface area contributed by atoms with Crippen molar-refractivity contribution in [2.45, 2.75) is 37.8 Å². The van der Waals surface area contributed by atoms with Crippen molar-refractivity contribution in [3.05, 3.63) is 35.4 Å². The van der Waals surface area contributed by atoms with Crippen LogP contribution in [0.2, 0.25) is 0 Å². The van der Waals surface area contributed by atoms with Gasteiger partial charge in [-0.2, -0.15) is 0 Å². The SMILES string of the molecule is CN(C(=O)COC1CCNCC1)C1CCc2ccccc21. The Labute approximate surface area is 126 Å². The van der Waals surface area contributed by atoms with E-state index < -0.39 is 0 Å². The minimum Gasteiger partial charge on any atom is -0.368 e. The molecule has 114 valence electrons. The second kappa shape index (κ2) is 6.58. The average molecular weight is 288 g/mol. The molecule has 1 fully saturated rings. The first-order valence-electron chi connectivity index (χ1n) is 7.91. The minimum atomic E-state index is 0.0928. The van der Waals surface area contributed by atoms with E-state index in [1.54, 1.807) is 0 Å². The highest BCUT2D eigenvalue weighted by Gasteiger charge is 2.28. The molecule has 1 aromatic carbocycles. The van der Waals surface area contributed by atoms with Crippen molar-refractivity contribution in [3.63, 3.8) is 0 Å². The summed E-state index contributed by atoms with van der Waals surface area (Å²) in [4.78, 5) is 14.2. The highest BCUT2D eigenvalue weighted by molar-refractivity contribution is 5.78. The van der Waals surface area contributed by atoms with Gasteiger partial charge in [-0.3, -0.25) is 4.79 Å². The third-order valence-electron chi connectivity index (χ3n) is 4.69. The molecule has 1 atom stereocenters. The first-order chi connectivity index (χ1) is 10.3. The summed E-state index contributed by atoms with van der Waals surface area (Å²) in [5.74, 6) is 0.0928. The van der Waals surface area contributed by atoms with Gasteiger partial charge in [0, 0.05) is 7.05 Å². The second-order valence-corrected chi connectivity index (χ2v) is 6.02. The van der Waals surface area contributed by atoms with Crippen LogP contribution in [0.3, 0.4) is 0 Å². The van der Waals surface area contributed by atoms with E-state index in [4.69, 9.17) is 4.74 Å². The molecular formula is C17H24N2O2. The third-order valence-corrected chi connectivity index (χ3v) is 4.69. The molecule has 1 aliphatic carbocycles. The van der Waals surface area contributed by atoms with Crippen LogP contribution in [0.25, 0.3) is 0 Å². The van der Waals surface area contributed by atoms with Crippen LogP contribution in [-0.2, 0) is 16.0 Å². The average Bonchev–Trinajstić information content (AvgIpc) is 2.97. The van der Waals surface area contributed by atoms with E-state index in [-0.39, 0.29) is 24.7 Å². The van der Waals surface area contributed by atoms with Gasteiger partial charge in [-0.25, -0.2) is 0 Å². The number of carbonyl (C=O) groups excluding carboxylic acids is 1. The molecule has 4 nitrogen and oxygen atoms in total. The lowest BCUT2D eigenvalue weighted by Gasteiger charge is -2.27. The highest BCUT2D eigenvalue weighted by Crippen LogP contribution is 2.34. The fourth-order valence-electron chi connectivity index (χ4n) is 3.36. The van der Waals surface area contributed by atoms with Gasteiger partial charge in [-0.15, -0.1) is 0 Å². The molecule has 3 rings (SSSR count). The molecule has 4 heteroatoms. The van der Waals surface area contributed by atoms with Gasteiger partial charge in [0.05, 0.1) is 12.1 Å². The van der Waals surface area contributed by atoms with Crippen molar-refractivity contribution >= 4 is 5.91 Å². The maximum Gasteiger partial charge on any atom is 0.248 e. The van der Waals surface area contributed by atoms with Crippen molar-refractivity contribution in [3.8, 4) is 0 Å². The number of ether oxygens (including phenoxy) is 1. The van der Waals surface area contributed by atoms with E-state index in [1.165, 1.54) is 11.1 Å². The first-order valence-corrected chi connectivity index (χ1v) is 7.91. The number of piperidine rings is 1. The zero-order chi connectivity index (χ0) is 14.7. The zero-order valence-corrected chi connectivity index (χ0v) is 12.7. The fraction of sp³-hybridized carbons (Fsp3) is 0.588. The van der Waals surface area contributed by atoms with Crippen LogP contribution < -0.4 is 5.32 Å². The Hall–Kier alpha value is -1.39. The number of fused-ring (bicyclic) bond motifs is 1. The molecule has 0 spiro atoms. The molecule has 0 radical (unpaired) electrons. The normalized spacial score (nSPS) is 22.0. The number of rotatable bonds is 4. The van der Waals surface area contributed by atoms with Crippen LogP contribution >= 0.6 is 0 Å². The maximum atomic E-state index is 12.4. The van der Waals surface area contributed by atoms with E-state index in [0.29, 0.717) is 0 Å². The Morgan fingerprint density at radius 3 is 2.86 bits per heavy atom. The van der Waals surface area contributed by atoms with Gasteiger partial charge in [0.2, 0.25) is 5.91 Å². The smallest absolute Gasteiger partial charge is 0.248 e. The van der Waals surface area contributed by atoms with E-state index >= 15 is 0 Å². The predicted octanol–water partition coefficient (Wildman–Crippen LogP) is 1.90. The van der Waals surface area contributed by atoms with Crippen molar-refractivity contribution in [2.75, 3.05) is 26.7 Å². The number of aryl methyl sites for hydroxylation is 1. The van der Waals surface area contributed by atoms with Crippen molar-refractivity contribution in [2.24, 2.45) is 0 Å². The quantitative estimate of drug-likeness (QED) is 0.920. The monoisotopic (exact) mass is 288 g/mol. The molecule has 1 saturated heterocycles. The van der Waals surface area contributed by atoms with Crippen LogP contribution in [-0.4, -0.2) is 43.7 Å². The Morgan fingerprint density at radius 1 is 1.29 bits per heavy atom. The molecule has 1 unspecified atom stereocenters. The summed E-state index contributed by atoms with van der Waals surface area (Å²) in [6.07, 6.45) is 4.33. The summed E-state index contributed by atoms with van der Waals surface area (Å²) in [7, 11) is 1.90. The standard InChI is InChI=1S/C17H24N2O2/c1-19(16-7-6-13-4-2-3-5-15(13)16)17(20)12-21-14-8-10-18-11-9-14/h2-5,14,16,18H,6-12H2,1H3. The lowest BCUT2D eigenvalue weighted by Crippen LogP contribution is -2.37. The fourth-order valence-corrected chi connectivity index (χ4v) is 3.36. The van der Waals surface area contributed by atoms with Gasteiger partial charge < -0.3 is 15.0 Å². The number of amides is 1. The number of likely N-dealkylation sites (N-methyl/N-ethyl adjacent to an activating group) is 1. The lowest BCUT2D eigenvalue weighted by molar-refractivity contribution is -0.139. The molecule has 0 aromatic heterocycles. The molecular weight excluding hydrogens is 264 g/mol. The molecule has 2 aliphatic rings. The number of nitrogens with zero attached hydrogens (tertiary/aromatic N) is 1. The summed E-state index contributed by atoms with van der Waals surface area (Å²) in [6, 6.07) is 8.65. The van der Waals surface area contributed by atoms with Crippen molar-refractivity contribution < 1.29 is 9.53 Å². The maximum absolute atomic E-state index is 12.4. The highest BCUT2D eigenvalue weighted by atomic mass is 16.5. The summed E-state index contributed by atoms with van der Waals surface area (Å²) in [6.45, 7) is 2.19.